The average molecular weight is 426 g/mol. The molecule has 8 heteroatoms. The zero-order chi connectivity index (χ0) is 17.3. The van der Waals surface area contributed by atoms with Gasteiger partial charge in [-0.2, -0.15) is 5.10 Å². The van der Waals surface area contributed by atoms with E-state index in [4.69, 9.17) is 23.2 Å². The number of nitrogens with zero attached hydrogens (tertiary/aromatic N) is 3. The Kier molecular flexibility index (Phi) is 4.89. The van der Waals surface area contributed by atoms with Gasteiger partial charge in [0.15, 0.2) is 5.82 Å². The monoisotopic (exact) mass is 424 g/mol. The van der Waals surface area contributed by atoms with E-state index in [2.05, 4.69) is 31.3 Å². The van der Waals surface area contributed by atoms with Gasteiger partial charge in [-0.05, 0) is 58.7 Å². The number of amides is 1. The summed E-state index contributed by atoms with van der Waals surface area (Å²) < 4.78 is 1.90. The highest BCUT2D eigenvalue weighted by Crippen LogP contribution is 2.24. The summed E-state index contributed by atoms with van der Waals surface area (Å²) in [6, 6.07) is 10.2. The van der Waals surface area contributed by atoms with Crippen LogP contribution >= 0.6 is 39.1 Å². The minimum absolute atomic E-state index is 0.303. The van der Waals surface area contributed by atoms with Crippen molar-refractivity contribution >= 4 is 50.7 Å². The van der Waals surface area contributed by atoms with Gasteiger partial charge < -0.3 is 5.32 Å². The lowest BCUT2D eigenvalue weighted by Gasteiger charge is -2.10. The van der Waals surface area contributed by atoms with Gasteiger partial charge in [0.1, 0.15) is 10.3 Å². The average Bonchev–Trinajstić information content (AvgIpc) is 2.92. The lowest BCUT2D eigenvalue weighted by molar-refractivity contribution is 0.101. The van der Waals surface area contributed by atoms with Crippen molar-refractivity contribution in [3.05, 3.63) is 68.5 Å². The van der Waals surface area contributed by atoms with Gasteiger partial charge in [-0.1, -0.05) is 23.2 Å². The molecule has 0 aliphatic rings. The summed E-state index contributed by atoms with van der Waals surface area (Å²) in [5, 5.41) is 8.10. The normalized spacial score (nSPS) is 10.7. The van der Waals surface area contributed by atoms with Crippen LogP contribution in [0.5, 0.6) is 0 Å². The molecule has 3 rings (SSSR count). The topological polar surface area (TPSA) is 59.8 Å². The van der Waals surface area contributed by atoms with E-state index in [0.717, 1.165) is 5.56 Å². The van der Waals surface area contributed by atoms with Crippen molar-refractivity contribution in [2.75, 3.05) is 5.32 Å². The number of aryl methyl sites for hydroxylation is 1. The van der Waals surface area contributed by atoms with E-state index in [1.54, 1.807) is 42.6 Å². The molecule has 0 radical (unpaired) electrons. The van der Waals surface area contributed by atoms with E-state index in [1.807, 2.05) is 6.92 Å². The highest BCUT2D eigenvalue weighted by Gasteiger charge is 2.19. The maximum absolute atomic E-state index is 12.7. The Morgan fingerprint density at radius 2 is 2.04 bits per heavy atom. The molecule has 24 heavy (non-hydrogen) atoms. The summed E-state index contributed by atoms with van der Waals surface area (Å²) in [5.74, 6) is 0.0446. The summed E-state index contributed by atoms with van der Waals surface area (Å²) in [6.07, 6.45) is 1.59. The van der Waals surface area contributed by atoms with Crippen molar-refractivity contribution in [1.29, 1.82) is 0 Å². The van der Waals surface area contributed by atoms with E-state index in [0.29, 0.717) is 31.8 Å². The van der Waals surface area contributed by atoms with Gasteiger partial charge in [0.05, 0.1) is 5.02 Å². The molecule has 3 aromatic rings. The highest BCUT2D eigenvalue weighted by atomic mass is 79.9. The number of carbonyl (C=O) groups excluding carboxylic acids is 1. The van der Waals surface area contributed by atoms with Crippen LogP contribution in [0, 0.1) is 6.92 Å². The minimum Gasteiger partial charge on any atom is -0.320 e. The summed E-state index contributed by atoms with van der Waals surface area (Å²) in [7, 11) is 0. The fourth-order valence-electron chi connectivity index (χ4n) is 2.16. The summed E-state index contributed by atoms with van der Waals surface area (Å²) in [6.45, 7) is 1.87. The molecule has 5 nitrogen and oxygen atoms in total. The standard InChI is InChI=1S/C16H11BrCl2N4O/c1-9-7-10(18)4-5-12(9)21-16(24)13-8-14(17)22-23(13)15-11(19)3-2-6-20-15/h2-8H,1H3,(H,21,24). The highest BCUT2D eigenvalue weighted by molar-refractivity contribution is 9.10. The zero-order valence-electron chi connectivity index (χ0n) is 12.4. The largest absolute Gasteiger partial charge is 0.320 e. The number of benzene rings is 1. The van der Waals surface area contributed by atoms with E-state index in [9.17, 15) is 4.79 Å². The number of carbonyl (C=O) groups is 1. The first-order chi connectivity index (χ1) is 11.5. The number of hydrogen-bond acceptors (Lipinski definition) is 3. The number of pyridine rings is 1. The fraction of sp³-hybridized carbons (Fsp3) is 0.0625. The Hall–Kier alpha value is -1.89. The first-order valence-corrected chi connectivity index (χ1v) is 8.44. The third-order valence-electron chi connectivity index (χ3n) is 3.29. The molecule has 122 valence electrons. The number of rotatable bonds is 3. The van der Waals surface area contributed by atoms with Crippen molar-refractivity contribution in [2.45, 2.75) is 6.92 Å². The second kappa shape index (κ2) is 6.93. The maximum Gasteiger partial charge on any atom is 0.274 e. The maximum atomic E-state index is 12.7. The first kappa shape index (κ1) is 17.0. The predicted octanol–water partition coefficient (Wildman–Crippen LogP) is 4.90. The van der Waals surface area contributed by atoms with Gasteiger partial charge in [-0.3, -0.25) is 4.79 Å². The van der Waals surface area contributed by atoms with Crippen molar-refractivity contribution < 1.29 is 4.79 Å². The summed E-state index contributed by atoms with van der Waals surface area (Å²) in [5.41, 5.74) is 1.83. The SMILES string of the molecule is Cc1cc(Cl)ccc1NC(=O)c1cc(Br)nn1-c1ncccc1Cl. The number of halogens is 3. The van der Waals surface area contributed by atoms with Crippen LogP contribution in [-0.2, 0) is 0 Å². The second-order valence-electron chi connectivity index (χ2n) is 4.99. The van der Waals surface area contributed by atoms with Crippen molar-refractivity contribution in [3.8, 4) is 5.82 Å². The third-order valence-corrected chi connectivity index (χ3v) is 4.21. The Morgan fingerprint density at radius 1 is 1.25 bits per heavy atom. The molecule has 2 aromatic heterocycles. The quantitative estimate of drug-likeness (QED) is 0.649. The molecular formula is C16H11BrCl2N4O. The van der Waals surface area contributed by atoms with E-state index < -0.39 is 0 Å². The third kappa shape index (κ3) is 3.45. The lowest BCUT2D eigenvalue weighted by Crippen LogP contribution is -2.18. The van der Waals surface area contributed by atoms with E-state index in [1.165, 1.54) is 4.68 Å². The number of nitrogens with one attached hydrogen (secondary N) is 1. The summed E-state index contributed by atoms with van der Waals surface area (Å²) in [4.78, 5) is 16.9. The van der Waals surface area contributed by atoms with E-state index >= 15 is 0 Å². The number of aromatic nitrogens is 3. The van der Waals surface area contributed by atoms with Crippen LogP contribution in [0.2, 0.25) is 10.0 Å². The van der Waals surface area contributed by atoms with Crippen LogP contribution in [0.1, 0.15) is 16.1 Å². The fourth-order valence-corrected chi connectivity index (χ4v) is 2.97. The molecule has 0 atom stereocenters. The molecule has 0 saturated heterocycles. The molecule has 0 saturated carbocycles. The molecule has 1 aromatic carbocycles. The number of anilines is 1. The molecule has 1 N–H and O–H groups in total. The summed E-state index contributed by atoms with van der Waals surface area (Å²) >= 11 is 15.4. The van der Waals surface area contributed by atoms with Gasteiger partial charge in [0.2, 0.25) is 0 Å². The Morgan fingerprint density at radius 3 is 2.75 bits per heavy atom. The van der Waals surface area contributed by atoms with E-state index in [-0.39, 0.29) is 5.91 Å². The molecular weight excluding hydrogens is 415 g/mol. The first-order valence-electron chi connectivity index (χ1n) is 6.89. The van der Waals surface area contributed by atoms with Crippen molar-refractivity contribution in [2.24, 2.45) is 0 Å². The minimum atomic E-state index is -0.333. The zero-order valence-corrected chi connectivity index (χ0v) is 15.5. The molecule has 2 heterocycles. The molecule has 0 aliphatic carbocycles. The Labute approximate surface area is 156 Å². The molecule has 0 spiro atoms. The van der Waals surface area contributed by atoms with Gasteiger partial charge in [-0.15, -0.1) is 0 Å². The molecule has 1 amide bonds. The second-order valence-corrected chi connectivity index (χ2v) is 6.64. The smallest absolute Gasteiger partial charge is 0.274 e. The van der Waals surface area contributed by atoms with Crippen LogP contribution in [-0.4, -0.2) is 20.7 Å². The molecule has 0 fully saturated rings. The van der Waals surface area contributed by atoms with Crippen molar-refractivity contribution in [1.82, 2.24) is 14.8 Å². The van der Waals surface area contributed by atoms with Crippen LogP contribution in [0.15, 0.2) is 47.2 Å². The Balaban J connectivity index is 1.98. The van der Waals surface area contributed by atoms with Crippen LogP contribution in [0.25, 0.3) is 5.82 Å². The van der Waals surface area contributed by atoms with Crippen LogP contribution in [0.4, 0.5) is 5.69 Å². The molecule has 0 unspecified atom stereocenters. The van der Waals surface area contributed by atoms with Gasteiger partial charge in [0, 0.05) is 23.0 Å². The Bertz CT molecular complexity index is 926. The van der Waals surface area contributed by atoms with Crippen molar-refractivity contribution in [3.63, 3.8) is 0 Å². The van der Waals surface area contributed by atoms with Gasteiger partial charge in [-0.25, -0.2) is 9.67 Å². The lowest BCUT2D eigenvalue weighted by atomic mass is 10.2. The molecule has 0 bridgehead atoms. The van der Waals surface area contributed by atoms with Crippen LogP contribution < -0.4 is 5.32 Å². The van der Waals surface area contributed by atoms with Crippen LogP contribution in [0.3, 0.4) is 0 Å². The molecule has 0 aliphatic heterocycles. The predicted molar refractivity (Wildman–Crippen MR) is 98.2 cm³/mol. The van der Waals surface area contributed by atoms with Gasteiger partial charge in [0.25, 0.3) is 5.91 Å². The van der Waals surface area contributed by atoms with Gasteiger partial charge >= 0.3 is 0 Å². The number of hydrogen-bond donors (Lipinski definition) is 1.